The van der Waals surface area contributed by atoms with Gasteiger partial charge in [0.1, 0.15) is 18.7 Å². The normalized spacial score (nSPS) is 10.7. The van der Waals surface area contributed by atoms with Gasteiger partial charge in [-0.25, -0.2) is 9.97 Å². The molecule has 2 aromatic heterocycles. The summed E-state index contributed by atoms with van der Waals surface area (Å²) in [6.45, 7) is 2.94. The van der Waals surface area contributed by atoms with E-state index < -0.39 is 0 Å². The van der Waals surface area contributed by atoms with Crippen molar-refractivity contribution >= 4 is 22.8 Å². The van der Waals surface area contributed by atoms with Crippen molar-refractivity contribution in [1.82, 2.24) is 19.7 Å². The molecule has 2 heterocycles. The Hall–Kier alpha value is -2.18. The topological polar surface area (TPSA) is 73.1 Å². The Labute approximate surface area is 111 Å². The Morgan fingerprint density at radius 2 is 2.26 bits per heavy atom. The Morgan fingerprint density at radius 3 is 2.95 bits per heavy atom. The predicted octanol–water partition coefficient (Wildman–Crippen LogP) is 0.753. The molecule has 0 aliphatic carbocycles. The van der Waals surface area contributed by atoms with Crippen molar-refractivity contribution in [3.05, 3.63) is 12.5 Å². The first-order valence-electron chi connectivity index (χ1n) is 6.11. The number of rotatable bonds is 5. The largest absolute Gasteiger partial charge is 0.468 e. The van der Waals surface area contributed by atoms with Crippen molar-refractivity contribution in [3.63, 3.8) is 0 Å². The van der Waals surface area contributed by atoms with Crippen LogP contribution in [0.15, 0.2) is 12.5 Å². The van der Waals surface area contributed by atoms with Gasteiger partial charge in [-0.2, -0.15) is 5.10 Å². The Balaban J connectivity index is 2.40. The smallest absolute Gasteiger partial charge is 0.325 e. The molecule has 0 saturated heterocycles. The minimum absolute atomic E-state index is 0.172. The second-order valence-corrected chi connectivity index (χ2v) is 4.20. The highest BCUT2D eigenvalue weighted by molar-refractivity contribution is 5.88. The number of hydrogen-bond donors (Lipinski definition) is 0. The molecule has 0 N–H and O–H groups in total. The van der Waals surface area contributed by atoms with Gasteiger partial charge < -0.3 is 9.64 Å². The van der Waals surface area contributed by atoms with Gasteiger partial charge >= 0.3 is 5.97 Å². The molecule has 0 aromatic carbocycles. The lowest BCUT2D eigenvalue weighted by molar-refractivity contribution is -0.138. The molecule has 0 aliphatic rings. The molecule has 0 unspecified atom stereocenters. The molecule has 7 nitrogen and oxygen atoms in total. The van der Waals surface area contributed by atoms with Crippen LogP contribution in [0.1, 0.15) is 13.3 Å². The van der Waals surface area contributed by atoms with Crippen molar-refractivity contribution in [2.45, 2.75) is 13.3 Å². The summed E-state index contributed by atoms with van der Waals surface area (Å²) in [4.78, 5) is 21.8. The molecule has 2 aromatic rings. The lowest BCUT2D eigenvalue weighted by Crippen LogP contribution is -2.32. The van der Waals surface area contributed by atoms with E-state index in [9.17, 15) is 4.79 Å². The molecule has 7 heteroatoms. The lowest BCUT2D eigenvalue weighted by Gasteiger charge is -2.21. The average molecular weight is 263 g/mol. The van der Waals surface area contributed by atoms with Crippen molar-refractivity contribution < 1.29 is 9.53 Å². The van der Waals surface area contributed by atoms with E-state index in [2.05, 4.69) is 15.1 Å². The molecule has 19 heavy (non-hydrogen) atoms. The monoisotopic (exact) mass is 263 g/mol. The number of anilines is 1. The third-order valence-electron chi connectivity index (χ3n) is 2.85. The summed E-state index contributed by atoms with van der Waals surface area (Å²) in [6, 6.07) is 0. The van der Waals surface area contributed by atoms with Crippen LogP contribution < -0.4 is 4.90 Å². The van der Waals surface area contributed by atoms with Gasteiger partial charge in [-0.15, -0.1) is 0 Å². The molecule has 2 rings (SSSR count). The highest BCUT2D eigenvalue weighted by Gasteiger charge is 2.17. The first kappa shape index (κ1) is 13.3. The van der Waals surface area contributed by atoms with Gasteiger partial charge in [-0.1, -0.05) is 6.92 Å². The molecular formula is C12H17N5O2. The number of hydrogen-bond acceptors (Lipinski definition) is 6. The number of aryl methyl sites for hydroxylation is 1. The zero-order valence-electron chi connectivity index (χ0n) is 11.3. The maximum absolute atomic E-state index is 11.5. The van der Waals surface area contributed by atoms with E-state index in [4.69, 9.17) is 4.74 Å². The maximum Gasteiger partial charge on any atom is 0.325 e. The van der Waals surface area contributed by atoms with Gasteiger partial charge in [-0.3, -0.25) is 9.48 Å². The van der Waals surface area contributed by atoms with Gasteiger partial charge in [0.15, 0.2) is 5.65 Å². The van der Waals surface area contributed by atoms with Gasteiger partial charge in [0.2, 0.25) is 0 Å². The van der Waals surface area contributed by atoms with Gasteiger partial charge in [0.25, 0.3) is 0 Å². The minimum atomic E-state index is -0.288. The quantitative estimate of drug-likeness (QED) is 0.741. The summed E-state index contributed by atoms with van der Waals surface area (Å²) in [6.07, 6.45) is 4.10. The first-order valence-corrected chi connectivity index (χ1v) is 6.11. The summed E-state index contributed by atoms with van der Waals surface area (Å²) < 4.78 is 6.40. The summed E-state index contributed by atoms with van der Waals surface area (Å²) in [5, 5.41) is 5.01. The standard InChI is InChI=1S/C12H17N5O2/c1-4-5-17(7-10(18)19-3)12-9-6-15-16(2)11(9)13-8-14-12/h6,8H,4-5,7H2,1-3H3. The molecular weight excluding hydrogens is 246 g/mol. The Kier molecular flexibility index (Phi) is 3.94. The van der Waals surface area contributed by atoms with Crippen LogP contribution in [0.3, 0.4) is 0 Å². The van der Waals surface area contributed by atoms with E-state index in [0.29, 0.717) is 5.82 Å². The Bertz CT molecular complexity index is 581. The second kappa shape index (κ2) is 5.64. The van der Waals surface area contributed by atoms with Crippen LogP contribution in [-0.4, -0.2) is 45.9 Å². The van der Waals surface area contributed by atoms with Crippen molar-refractivity contribution in [3.8, 4) is 0 Å². The van der Waals surface area contributed by atoms with Crippen molar-refractivity contribution in [2.24, 2.45) is 7.05 Å². The van der Waals surface area contributed by atoms with Crippen molar-refractivity contribution in [2.75, 3.05) is 25.1 Å². The average Bonchev–Trinajstić information content (AvgIpc) is 2.80. The van der Waals surface area contributed by atoms with Gasteiger partial charge in [0.05, 0.1) is 18.7 Å². The van der Waals surface area contributed by atoms with Gasteiger partial charge in [0, 0.05) is 13.6 Å². The number of ether oxygens (including phenoxy) is 1. The van der Waals surface area contributed by atoms with E-state index in [-0.39, 0.29) is 12.5 Å². The molecule has 0 radical (unpaired) electrons. The zero-order chi connectivity index (χ0) is 13.8. The minimum Gasteiger partial charge on any atom is -0.468 e. The summed E-state index contributed by atoms with van der Waals surface area (Å²) in [5.74, 6) is 0.425. The Morgan fingerprint density at radius 1 is 1.47 bits per heavy atom. The van der Waals surface area contributed by atoms with Crippen molar-refractivity contribution in [1.29, 1.82) is 0 Å². The van der Waals surface area contributed by atoms with Gasteiger partial charge in [-0.05, 0) is 6.42 Å². The fraction of sp³-hybridized carbons (Fsp3) is 0.500. The molecule has 0 spiro atoms. The van der Waals surface area contributed by atoms with Crippen LogP contribution in [0, 0.1) is 0 Å². The number of carbonyl (C=O) groups is 1. The first-order chi connectivity index (χ1) is 9.17. The summed E-state index contributed by atoms with van der Waals surface area (Å²) >= 11 is 0. The van der Waals surface area contributed by atoms with E-state index in [1.165, 1.54) is 13.4 Å². The number of fused-ring (bicyclic) bond motifs is 1. The molecule has 0 amide bonds. The maximum atomic E-state index is 11.5. The number of methoxy groups -OCH3 is 1. The highest BCUT2D eigenvalue weighted by atomic mass is 16.5. The van der Waals surface area contributed by atoms with E-state index >= 15 is 0 Å². The molecule has 0 atom stereocenters. The third kappa shape index (κ3) is 2.64. The number of carbonyl (C=O) groups excluding carboxylic acids is 1. The molecule has 0 fully saturated rings. The predicted molar refractivity (Wildman–Crippen MR) is 70.8 cm³/mol. The van der Waals surface area contributed by atoms with E-state index in [1.807, 2.05) is 18.9 Å². The number of nitrogens with zero attached hydrogens (tertiary/aromatic N) is 5. The third-order valence-corrected chi connectivity index (χ3v) is 2.85. The zero-order valence-corrected chi connectivity index (χ0v) is 11.3. The van der Waals surface area contributed by atoms with Crippen LogP contribution in [0.5, 0.6) is 0 Å². The van der Waals surface area contributed by atoms with E-state index in [0.717, 1.165) is 24.0 Å². The van der Waals surface area contributed by atoms with Crippen LogP contribution in [0.2, 0.25) is 0 Å². The number of aromatic nitrogens is 4. The fourth-order valence-corrected chi connectivity index (χ4v) is 1.95. The molecule has 0 aliphatic heterocycles. The highest BCUT2D eigenvalue weighted by Crippen LogP contribution is 2.22. The lowest BCUT2D eigenvalue weighted by atomic mass is 10.3. The van der Waals surface area contributed by atoms with E-state index in [1.54, 1.807) is 10.9 Å². The van der Waals surface area contributed by atoms with Crippen LogP contribution in [-0.2, 0) is 16.6 Å². The van der Waals surface area contributed by atoms with Crippen LogP contribution >= 0.6 is 0 Å². The fourth-order valence-electron chi connectivity index (χ4n) is 1.95. The molecule has 102 valence electrons. The summed E-state index contributed by atoms with van der Waals surface area (Å²) in [5.41, 5.74) is 0.746. The van der Waals surface area contributed by atoms with Crippen LogP contribution in [0.4, 0.5) is 5.82 Å². The molecule has 0 saturated carbocycles. The number of esters is 1. The molecule has 0 bridgehead atoms. The van der Waals surface area contributed by atoms with Crippen LogP contribution in [0.25, 0.3) is 11.0 Å². The SMILES string of the molecule is CCCN(CC(=O)OC)c1ncnc2c1cnn2C. The second-order valence-electron chi connectivity index (χ2n) is 4.20. The summed E-state index contributed by atoms with van der Waals surface area (Å²) in [7, 11) is 3.20.